The lowest BCUT2D eigenvalue weighted by Crippen LogP contribution is -1.72. The molecule has 0 fully saturated rings. The molecule has 6 heteroatoms. The highest BCUT2D eigenvalue weighted by Gasteiger charge is 2.11. The van der Waals surface area contributed by atoms with Gasteiger partial charge in [-0.1, -0.05) is 0 Å². The van der Waals surface area contributed by atoms with Crippen LogP contribution in [0.4, 0.5) is 0 Å². The van der Waals surface area contributed by atoms with E-state index in [-0.39, 0.29) is 0 Å². The Labute approximate surface area is 102 Å². The summed E-state index contributed by atoms with van der Waals surface area (Å²) in [6.45, 7) is 0. The molecule has 15 heavy (non-hydrogen) atoms. The van der Waals surface area contributed by atoms with Crippen molar-refractivity contribution in [3.63, 3.8) is 0 Å². The van der Waals surface area contributed by atoms with Crippen LogP contribution in [0.15, 0.2) is 28.6 Å². The lowest BCUT2D eigenvalue weighted by Gasteiger charge is -1.87. The second-order valence-corrected chi connectivity index (χ2v) is 5.47. The quantitative estimate of drug-likeness (QED) is 0.689. The third-order valence-corrected chi connectivity index (χ3v) is 4.76. The topological polar surface area (TPSA) is 38.7 Å². The van der Waals surface area contributed by atoms with Crippen molar-refractivity contribution in [3.05, 3.63) is 28.6 Å². The number of halogens is 1. The Kier molecular flexibility index (Phi) is 2.27. The van der Waals surface area contributed by atoms with E-state index in [1.54, 1.807) is 28.9 Å². The van der Waals surface area contributed by atoms with E-state index in [0.29, 0.717) is 0 Å². The van der Waals surface area contributed by atoms with Gasteiger partial charge in [0.15, 0.2) is 0 Å². The van der Waals surface area contributed by atoms with Crippen LogP contribution in [0.2, 0.25) is 0 Å². The van der Waals surface area contributed by atoms with Crippen molar-refractivity contribution in [2.24, 2.45) is 0 Å². The first-order chi connectivity index (χ1) is 7.34. The molecule has 0 radical (unpaired) electrons. The summed E-state index contributed by atoms with van der Waals surface area (Å²) in [6, 6.07) is 1.92. The van der Waals surface area contributed by atoms with Crippen LogP contribution in [-0.2, 0) is 0 Å². The van der Waals surface area contributed by atoms with Crippen LogP contribution in [0.1, 0.15) is 0 Å². The number of hydrogen-bond acceptors (Lipinski definition) is 5. The Morgan fingerprint density at radius 2 is 2.27 bits per heavy atom. The third kappa shape index (κ3) is 1.58. The van der Waals surface area contributed by atoms with E-state index in [1.165, 1.54) is 0 Å². The summed E-state index contributed by atoms with van der Waals surface area (Å²) in [5, 5.41) is 0.993. The molecular weight excluding hydrogens is 294 g/mol. The first kappa shape index (κ1) is 9.38. The van der Waals surface area contributed by atoms with Gasteiger partial charge in [0.05, 0.1) is 20.6 Å². The van der Waals surface area contributed by atoms with Crippen molar-refractivity contribution in [1.82, 2.24) is 15.0 Å². The van der Waals surface area contributed by atoms with Crippen LogP contribution in [0.25, 0.3) is 20.1 Å². The van der Waals surface area contributed by atoms with Crippen molar-refractivity contribution >= 4 is 48.8 Å². The number of nitrogens with zero attached hydrogens (tertiary/aromatic N) is 3. The fraction of sp³-hybridized carbons (Fsp3) is 0. The molecule has 0 spiro atoms. The van der Waals surface area contributed by atoms with E-state index in [9.17, 15) is 0 Å². The largest absolute Gasteiger partial charge is 0.263 e. The standard InChI is InChI=1S/C9H4BrN3S2/c10-8-7(14-4-12-8)9-13-5-1-2-11-3-6(5)15-9/h1-4H. The number of rotatable bonds is 1. The van der Waals surface area contributed by atoms with Crippen molar-refractivity contribution in [1.29, 1.82) is 0 Å². The van der Waals surface area contributed by atoms with Crippen molar-refractivity contribution in [2.45, 2.75) is 0 Å². The normalized spacial score (nSPS) is 11.0. The van der Waals surface area contributed by atoms with E-state index in [1.807, 2.05) is 17.8 Å². The molecule has 0 N–H and O–H groups in total. The number of hydrogen-bond donors (Lipinski definition) is 0. The molecule has 3 heterocycles. The Bertz CT molecular complexity index is 583. The van der Waals surface area contributed by atoms with E-state index in [0.717, 1.165) is 24.7 Å². The molecule has 3 nitrogen and oxygen atoms in total. The minimum atomic E-state index is 0.861. The average Bonchev–Trinajstić information content (AvgIpc) is 2.82. The zero-order valence-corrected chi connectivity index (χ0v) is 10.6. The van der Waals surface area contributed by atoms with Gasteiger partial charge in [0, 0.05) is 12.4 Å². The lowest BCUT2D eigenvalue weighted by molar-refractivity contribution is 1.35. The monoisotopic (exact) mass is 297 g/mol. The molecule has 0 aliphatic rings. The van der Waals surface area contributed by atoms with Gasteiger partial charge in [0.2, 0.25) is 0 Å². The maximum atomic E-state index is 4.53. The zero-order chi connectivity index (χ0) is 10.3. The van der Waals surface area contributed by atoms with E-state index >= 15 is 0 Å². The van der Waals surface area contributed by atoms with Gasteiger partial charge in [-0.05, 0) is 22.0 Å². The fourth-order valence-electron chi connectivity index (χ4n) is 1.25. The highest BCUT2D eigenvalue weighted by atomic mass is 79.9. The number of fused-ring (bicyclic) bond motifs is 1. The summed E-state index contributed by atoms with van der Waals surface area (Å²) < 4.78 is 1.97. The van der Waals surface area contributed by atoms with Gasteiger partial charge >= 0.3 is 0 Å². The molecule has 0 aliphatic carbocycles. The second-order valence-electron chi connectivity index (χ2n) is 2.83. The minimum absolute atomic E-state index is 0.861. The van der Waals surface area contributed by atoms with Gasteiger partial charge in [-0.25, -0.2) is 9.97 Å². The highest BCUT2D eigenvalue weighted by Crippen LogP contribution is 2.36. The van der Waals surface area contributed by atoms with Crippen molar-refractivity contribution in [2.75, 3.05) is 0 Å². The smallest absolute Gasteiger partial charge is 0.137 e. The van der Waals surface area contributed by atoms with E-state index < -0.39 is 0 Å². The lowest BCUT2D eigenvalue weighted by atomic mass is 10.4. The SMILES string of the molecule is Brc1ncsc1-c1nc2ccncc2s1. The van der Waals surface area contributed by atoms with Gasteiger partial charge in [0.1, 0.15) is 9.61 Å². The number of thiazole rings is 2. The maximum Gasteiger partial charge on any atom is 0.137 e. The summed E-state index contributed by atoms with van der Waals surface area (Å²) >= 11 is 6.63. The van der Waals surface area contributed by atoms with Crippen LogP contribution in [0.5, 0.6) is 0 Å². The molecular formula is C9H4BrN3S2. The van der Waals surface area contributed by atoms with Crippen LogP contribution in [0.3, 0.4) is 0 Å². The minimum Gasteiger partial charge on any atom is -0.263 e. The van der Waals surface area contributed by atoms with Crippen LogP contribution in [0, 0.1) is 0 Å². The molecule has 0 atom stereocenters. The third-order valence-electron chi connectivity index (χ3n) is 1.91. The molecule has 3 aromatic rings. The number of aromatic nitrogens is 3. The summed E-state index contributed by atoms with van der Waals surface area (Å²) in [6.07, 6.45) is 3.60. The van der Waals surface area contributed by atoms with Gasteiger partial charge in [-0.2, -0.15) is 0 Å². The molecule has 0 saturated heterocycles. The Morgan fingerprint density at radius 3 is 3.00 bits per heavy atom. The Morgan fingerprint density at radius 1 is 1.33 bits per heavy atom. The molecule has 0 aromatic carbocycles. The Hall–Kier alpha value is -0.850. The summed E-state index contributed by atoms with van der Waals surface area (Å²) in [5.41, 5.74) is 2.80. The predicted molar refractivity (Wildman–Crippen MR) is 66.2 cm³/mol. The maximum absolute atomic E-state index is 4.53. The van der Waals surface area contributed by atoms with Gasteiger partial charge in [-0.15, -0.1) is 22.7 Å². The molecule has 3 aromatic heterocycles. The first-order valence-electron chi connectivity index (χ1n) is 4.14. The summed E-state index contributed by atoms with van der Waals surface area (Å²) in [4.78, 5) is 13.8. The van der Waals surface area contributed by atoms with E-state index in [2.05, 4.69) is 30.9 Å². The molecule has 74 valence electrons. The molecule has 3 rings (SSSR count). The molecule has 0 bridgehead atoms. The molecule has 0 aliphatic heterocycles. The first-order valence-corrected chi connectivity index (χ1v) is 6.63. The van der Waals surface area contributed by atoms with Gasteiger partial charge in [-0.3, -0.25) is 4.98 Å². The molecule has 0 amide bonds. The van der Waals surface area contributed by atoms with Crippen LogP contribution >= 0.6 is 38.6 Å². The van der Waals surface area contributed by atoms with Crippen LogP contribution < -0.4 is 0 Å². The zero-order valence-electron chi connectivity index (χ0n) is 7.35. The Balaban J connectivity index is 2.24. The number of pyridine rings is 1. The average molecular weight is 298 g/mol. The van der Waals surface area contributed by atoms with Crippen molar-refractivity contribution < 1.29 is 0 Å². The van der Waals surface area contributed by atoms with E-state index in [4.69, 9.17) is 0 Å². The predicted octanol–water partition coefficient (Wildman–Crippen LogP) is 3.58. The fourth-order valence-corrected chi connectivity index (χ4v) is 3.79. The van der Waals surface area contributed by atoms with Gasteiger partial charge < -0.3 is 0 Å². The van der Waals surface area contributed by atoms with Gasteiger partial charge in [0.25, 0.3) is 0 Å². The summed E-state index contributed by atoms with van der Waals surface area (Å²) in [5.74, 6) is 0. The summed E-state index contributed by atoms with van der Waals surface area (Å²) in [7, 11) is 0. The van der Waals surface area contributed by atoms with Crippen LogP contribution in [-0.4, -0.2) is 15.0 Å². The van der Waals surface area contributed by atoms with Crippen molar-refractivity contribution in [3.8, 4) is 9.88 Å². The second kappa shape index (κ2) is 3.62. The molecule has 0 saturated carbocycles. The molecule has 0 unspecified atom stereocenters. The highest BCUT2D eigenvalue weighted by molar-refractivity contribution is 9.10.